The van der Waals surface area contributed by atoms with Crippen molar-refractivity contribution >= 4 is 66.8 Å². The number of aromatic amines is 1. The number of nitrogens with zero attached hydrogens (tertiary/aromatic N) is 9. The van der Waals surface area contributed by atoms with Gasteiger partial charge in [0.2, 0.25) is 0 Å². The van der Waals surface area contributed by atoms with Crippen LogP contribution in [0.15, 0.2) is 103 Å². The molecule has 4 saturated heterocycles. The summed E-state index contributed by atoms with van der Waals surface area (Å²) in [6.45, 7) is 4.77. The number of fused-ring (bicyclic) bond motifs is 7. The maximum absolute atomic E-state index is 16.7. The van der Waals surface area contributed by atoms with E-state index >= 15 is 4.39 Å². The number of anilines is 2. The number of aromatic nitrogens is 8. The summed E-state index contributed by atoms with van der Waals surface area (Å²) < 4.78 is 53.9. The number of imidazole rings is 1. The maximum atomic E-state index is 16.7. The van der Waals surface area contributed by atoms with Gasteiger partial charge >= 0.3 is 6.01 Å². The van der Waals surface area contributed by atoms with Crippen LogP contribution in [0.2, 0.25) is 5.02 Å². The molecule has 0 saturated carbocycles. The zero-order chi connectivity index (χ0) is 50.8. The van der Waals surface area contributed by atoms with E-state index in [1.807, 2.05) is 55.5 Å². The third-order valence-corrected chi connectivity index (χ3v) is 15.2. The molecule has 5 aromatic heterocycles. The quantitative estimate of drug-likeness (QED) is 0.101. The van der Waals surface area contributed by atoms with Crippen LogP contribution >= 0.6 is 11.6 Å². The van der Waals surface area contributed by atoms with Crippen molar-refractivity contribution < 1.29 is 23.0 Å². The van der Waals surface area contributed by atoms with Gasteiger partial charge in [0.25, 0.3) is 5.56 Å². The molecule has 9 aromatic rings. The third-order valence-electron chi connectivity index (χ3n) is 14.9. The third kappa shape index (κ3) is 8.34. The van der Waals surface area contributed by atoms with Gasteiger partial charge in [-0.25, -0.2) is 28.1 Å². The highest BCUT2D eigenvalue weighted by atomic mass is 35.5. The van der Waals surface area contributed by atoms with E-state index in [1.54, 1.807) is 17.0 Å². The first-order chi connectivity index (χ1) is 35.9. The number of phenols is 1. The second-order valence-electron chi connectivity index (χ2n) is 19.5. The SMILES string of the molecule is C#Cc1c(F)ccc2cc(O)cc(-c3ncc4c(N5CC6CCC(C5)N6)nc(OCC56CCCN5CC(F)C6)nc4c3F)c12.CC(Nc1ncnc2nc[nH]c12)c1cc2cccc(Cl)c2c(=O)n1-c1ccccc1. The van der Waals surface area contributed by atoms with Gasteiger partial charge in [0, 0.05) is 66.7 Å². The number of hydrogen-bond acceptors (Lipinski definition) is 13. The van der Waals surface area contributed by atoms with E-state index in [0.29, 0.717) is 82.1 Å². The molecule has 0 radical (unpaired) electrons. The number of rotatable bonds is 9. The molecule has 19 heteroatoms. The molecule has 4 aromatic carbocycles. The molecule has 374 valence electrons. The average Bonchev–Trinajstić information content (AvgIpc) is 4.20. The van der Waals surface area contributed by atoms with Crippen LogP contribution in [0.1, 0.15) is 56.3 Å². The van der Waals surface area contributed by atoms with E-state index in [4.69, 9.17) is 27.7 Å². The zero-order valence-electron chi connectivity index (χ0n) is 40.0. The van der Waals surface area contributed by atoms with E-state index in [-0.39, 0.29) is 57.7 Å². The molecule has 15 nitrogen and oxygen atoms in total. The Morgan fingerprint density at radius 2 is 1.78 bits per heavy atom. The number of H-pyrrole nitrogens is 1. The van der Waals surface area contributed by atoms with Crippen LogP contribution in [0.4, 0.5) is 24.8 Å². The molecule has 4 aliphatic rings. The fourth-order valence-electron chi connectivity index (χ4n) is 11.5. The van der Waals surface area contributed by atoms with Gasteiger partial charge in [-0.1, -0.05) is 53.9 Å². The number of alkyl halides is 1. The number of hydrogen-bond donors (Lipinski definition) is 4. The van der Waals surface area contributed by atoms with Gasteiger partial charge in [0.05, 0.1) is 39.3 Å². The van der Waals surface area contributed by atoms with Crippen molar-refractivity contribution in [3.8, 4) is 41.0 Å². The summed E-state index contributed by atoms with van der Waals surface area (Å²) in [5, 5.41) is 20.3. The number of aromatic hydroxyl groups is 1. The van der Waals surface area contributed by atoms with Crippen molar-refractivity contribution in [2.75, 3.05) is 43.0 Å². The molecule has 5 atom stereocenters. The molecular formula is C55H48ClF3N12O3. The molecule has 9 heterocycles. The fourth-order valence-corrected chi connectivity index (χ4v) is 11.8. The van der Waals surface area contributed by atoms with Crippen LogP contribution in [0, 0.1) is 24.0 Å². The summed E-state index contributed by atoms with van der Waals surface area (Å²) in [6.07, 6.45) is 13.6. The van der Waals surface area contributed by atoms with Gasteiger partial charge in [0.1, 0.15) is 53.2 Å². The zero-order valence-corrected chi connectivity index (χ0v) is 40.8. The minimum absolute atomic E-state index is 0.00778. The van der Waals surface area contributed by atoms with E-state index in [2.05, 4.69) is 56.3 Å². The standard InChI is InChI=1S/C33H31F3N6O2.C22H17ClN6O/c1-2-23-26(35)7-4-18-10-22(43)11-24(27(18)23)29-28(36)30-25(13-37-29)31(41-15-20-5-6-21(16-41)38-20)40-32(39-30)44-17-33-8-3-9-42(33)14-19(34)12-33;1-13(28-21-19-20(25-11-24-19)26-12-27-21)17-10-14-6-5-9-16(23)18(14)22(30)29(17)15-7-3-2-4-8-15/h1,4,7,10-11,13,19-21,38,43H,3,5-6,8-9,12,14-17H2;2-13H,1H3,(H2,24,25,26,27,28). The lowest BCUT2D eigenvalue weighted by atomic mass is 9.95. The van der Waals surface area contributed by atoms with Gasteiger partial charge < -0.3 is 30.4 Å². The lowest BCUT2D eigenvalue weighted by Crippen LogP contribution is -2.51. The highest BCUT2D eigenvalue weighted by Gasteiger charge is 2.49. The number of benzene rings is 4. The Balaban J connectivity index is 0.000000162. The Kier molecular flexibility index (Phi) is 12.0. The van der Waals surface area contributed by atoms with Gasteiger partial charge in [-0.3, -0.25) is 19.2 Å². The number of para-hydroxylation sites is 1. The van der Waals surface area contributed by atoms with Crippen molar-refractivity contribution in [3.05, 3.63) is 136 Å². The summed E-state index contributed by atoms with van der Waals surface area (Å²) in [5.41, 5.74) is 2.20. The Morgan fingerprint density at radius 3 is 2.59 bits per heavy atom. The smallest absolute Gasteiger partial charge is 0.319 e. The number of piperazine rings is 1. The van der Waals surface area contributed by atoms with Crippen LogP contribution in [-0.4, -0.2) is 106 Å². The van der Waals surface area contributed by atoms with Gasteiger partial charge in [0.15, 0.2) is 17.3 Å². The largest absolute Gasteiger partial charge is 0.508 e. The molecule has 4 aliphatic heterocycles. The van der Waals surface area contributed by atoms with E-state index in [1.165, 1.54) is 36.8 Å². The van der Waals surface area contributed by atoms with Crippen LogP contribution in [-0.2, 0) is 0 Å². The number of terminal acetylenes is 1. The first kappa shape index (κ1) is 47.2. The highest BCUT2D eigenvalue weighted by molar-refractivity contribution is 6.35. The summed E-state index contributed by atoms with van der Waals surface area (Å²) in [7, 11) is 0. The monoisotopic (exact) mass is 1020 g/mol. The predicted molar refractivity (Wildman–Crippen MR) is 279 cm³/mol. The average molecular weight is 1020 g/mol. The number of pyridine rings is 2. The Labute approximate surface area is 426 Å². The molecular weight excluding hydrogens is 969 g/mol. The fraction of sp³-hybridized carbons (Fsp3) is 0.291. The number of nitrogens with one attached hydrogen (secondary N) is 3. The number of phenolic OH excluding ortho intramolecular Hbond substituents is 1. The molecule has 2 bridgehead atoms. The topological polar surface area (TPSA) is 175 Å². The van der Waals surface area contributed by atoms with Crippen molar-refractivity contribution in [2.45, 2.75) is 68.9 Å². The number of halogens is 4. The summed E-state index contributed by atoms with van der Waals surface area (Å²) in [6, 6.07) is 22.8. The Morgan fingerprint density at radius 1 is 0.973 bits per heavy atom. The van der Waals surface area contributed by atoms with Crippen LogP contribution in [0.5, 0.6) is 11.8 Å². The van der Waals surface area contributed by atoms with Crippen LogP contribution < -0.4 is 25.8 Å². The molecule has 5 unspecified atom stereocenters. The van der Waals surface area contributed by atoms with Crippen molar-refractivity contribution in [1.29, 1.82) is 0 Å². The maximum Gasteiger partial charge on any atom is 0.319 e. The summed E-state index contributed by atoms with van der Waals surface area (Å²) >= 11 is 6.38. The molecule has 4 N–H and O–H groups in total. The highest BCUT2D eigenvalue weighted by Crippen LogP contribution is 2.42. The molecule has 0 spiro atoms. The first-order valence-corrected chi connectivity index (χ1v) is 24.9. The van der Waals surface area contributed by atoms with Gasteiger partial charge in [-0.2, -0.15) is 9.97 Å². The molecule has 4 fully saturated rings. The Hall–Kier alpha value is -7.85. The molecule has 74 heavy (non-hydrogen) atoms. The lowest BCUT2D eigenvalue weighted by molar-refractivity contribution is 0.107. The Bertz CT molecular complexity index is 3770. The van der Waals surface area contributed by atoms with Crippen molar-refractivity contribution in [3.63, 3.8) is 0 Å². The second-order valence-corrected chi connectivity index (χ2v) is 19.9. The minimum Gasteiger partial charge on any atom is -0.508 e. The van der Waals surface area contributed by atoms with Crippen molar-refractivity contribution in [1.82, 2.24) is 49.7 Å². The predicted octanol–water partition coefficient (Wildman–Crippen LogP) is 9.19. The van der Waals surface area contributed by atoms with Crippen LogP contribution in [0.25, 0.3) is 60.6 Å². The van der Waals surface area contributed by atoms with E-state index in [9.17, 15) is 18.7 Å². The molecule has 0 amide bonds. The second kappa shape index (κ2) is 18.9. The van der Waals surface area contributed by atoms with Gasteiger partial charge in [-0.05, 0) is 92.4 Å². The number of ether oxygens (including phenoxy) is 1. The summed E-state index contributed by atoms with van der Waals surface area (Å²) in [4.78, 5) is 47.3. The van der Waals surface area contributed by atoms with Gasteiger partial charge in [-0.15, -0.1) is 6.42 Å². The van der Waals surface area contributed by atoms with Crippen molar-refractivity contribution in [2.24, 2.45) is 0 Å². The lowest BCUT2D eigenvalue weighted by Gasteiger charge is -2.34. The van der Waals surface area contributed by atoms with E-state index < -0.39 is 23.3 Å². The van der Waals surface area contributed by atoms with Crippen LogP contribution in [0.3, 0.4) is 0 Å². The summed E-state index contributed by atoms with van der Waals surface area (Å²) in [5.74, 6) is 1.96. The minimum atomic E-state index is -0.913. The molecule has 13 rings (SSSR count). The first-order valence-electron chi connectivity index (χ1n) is 24.6. The molecule has 0 aliphatic carbocycles. The normalized spacial score (nSPS) is 20.7. The van der Waals surface area contributed by atoms with E-state index in [0.717, 1.165) is 49.0 Å².